The maximum absolute atomic E-state index is 13.6. The second-order valence-corrected chi connectivity index (χ2v) is 9.79. The highest BCUT2D eigenvalue weighted by Gasteiger charge is 2.19. The number of hydrogen-bond donors (Lipinski definition) is 0. The maximum Gasteiger partial charge on any atom is 0.196 e. The summed E-state index contributed by atoms with van der Waals surface area (Å²) < 4.78 is 28.8. The number of aromatic nitrogens is 4. The lowest BCUT2D eigenvalue weighted by Crippen LogP contribution is -2.30. The third kappa shape index (κ3) is 5.31. The van der Waals surface area contributed by atoms with Gasteiger partial charge in [0.2, 0.25) is 0 Å². The third-order valence-corrected chi connectivity index (χ3v) is 7.49. The zero-order chi connectivity index (χ0) is 22.6. The lowest BCUT2D eigenvalue weighted by atomic mass is 10.1. The molecule has 9 heteroatoms. The summed E-state index contributed by atoms with van der Waals surface area (Å²) in [7, 11) is 0. The van der Waals surface area contributed by atoms with Crippen LogP contribution in [0.15, 0.2) is 59.1 Å². The van der Waals surface area contributed by atoms with Gasteiger partial charge in [-0.05, 0) is 74.5 Å². The standard InChI is InChI=1S/C24H23F2N5S2/c25-18-6-4-17(5-7-18)23-27-20(15-32-23)16-33-24-29-28-22(14-30-12-2-1-3-13-30)31(24)21-10-8-19(26)9-11-21/h4-11,15H,1-3,12-14,16H2. The molecule has 0 saturated carbocycles. The second kappa shape index (κ2) is 10.1. The molecule has 5 nitrogen and oxygen atoms in total. The summed E-state index contributed by atoms with van der Waals surface area (Å²) in [5.74, 6) is 0.957. The zero-order valence-electron chi connectivity index (χ0n) is 18.0. The van der Waals surface area contributed by atoms with Crippen LogP contribution in [0.5, 0.6) is 0 Å². The van der Waals surface area contributed by atoms with E-state index < -0.39 is 0 Å². The summed E-state index contributed by atoms with van der Waals surface area (Å²) >= 11 is 3.09. The van der Waals surface area contributed by atoms with E-state index in [2.05, 4.69) is 15.1 Å². The Bertz CT molecular complexity index is 1200. The highest BCUT2D eigenvalue weighted by molar-refractivity contribution is 7.98. The van der Waals surface area contributed by atoms with Crippen LogP contribution in [0, 0.1) is 11.6 Å². The fraction of sp³-hybridized carbons (Fsp3) is 0.292. The van der Waals surface area contributed by atoms with Crippen molar-refractivity contribution in [3.8, 4) is 16.3 Å². The van der Waals surface area contributed by atoms with Crippen LogP contribution < -0.4 is 0 Å². The largest absolute Gasteiger partial charge is 0.296 e. The van der Waals surface area contributed by atoms with Gasteiger partial charge in [0.1, 0.15) is 16.6 Å². The first kappa shape index (κ1) is 22.2. The van der Waals surface area contributed by atoms with Gasteiger partial charge in [-0.25, -0.2) is 13.8 Å². The first-order valence-electron chi connectivity index (χ1n) is 10.9. The van der Waals surface area contributed by atoms with E-state index in [-0.39, 0.29) is 11.6 Å². The monoisotopic (exact) mass is 483 g/mol. The molecule has 1 fully saturated rings. The lowest BCUT2D eigenvalue weighted by Gasteiger charge is -2.26. The van der Waals surface area contributed by atoms with Crippen molar-refractivity contribution in [1.82, 2.24) is 24.6 Å². The average molecular weight is 484 g/mol. The van der Waals surface area contributed by atoms with Crippen LogP contribution in [0.25, 0.3) is 16.3 Å². The van der Waals surface area contributed by atoms with Gasteiger partial charge in [0.15, 0.2) is 11.0 Å². The molecular weight excluding hydrogens is 460 g/mol. The third-order valence-electron chi connectivity index (χ3n) is 5.59. The summed E-state index contributed by atoms with van der Waals surface area (Å²) in [6.45, 7) is 2.84. The molecule has 5 rings (SSSR count). The van der Waals surface area contributed by atoms with Crippen molar-refractivity contribution < 1.29 is 8.78 Å². The Labute approximate surface area is 199 Å². The summed E-state index contributed by atoms with van der Waals surface area (Å²) in [5, 5.41) is 12.6. The van der Waals surface area contributed by atoms with Gasteiger partial charge in [0.25, 0.3) is 0 Å². The number of nitrogens with zero attached hydrogens (tertiary/aromatic N) is 5. The molecule has 0 atom stereocenters. The Morgan fingerprint density at radius 3 is 2.30 bits per heavy atom. The number of halogens is 2. The molecule has 33 heavy (non-hydrogen) atoms. The van der Waals surface area contributed by atoms with E-state index in [1.165, 1.54) is 54.9 Å². The van der Waals surface area contributed by atoms with Crippen LogP contribution in [0.2, 0.25) is 0 Å². The van der Waals surface area contributed by atoms with Gasteiger partial charge < -0.3 is 0 Å². The number of hydrogen-bond acceptors (Lipinski definition) is 6. The average Bonchev–Trinajstić information content (AvgIpc) is 3.47. The Morgan fingerprint density at radius 2 is 1.58 bits per heavy atom. The van der Waals surface area contributed by atoms with E-state index in [1.54, 1.807) is 36.0 Å². The Kier molecular flexibility index (Phi) is 6.80. The maximum atomic E-state index is 13.6. The summed E-state index contributed by atoms with van der Waals surface area (Å²) in [6.07, 6.45) is 3.68. The van der Waals surface area contributed by atoms with Gasteiger partial charge in [-0.3, -0.25) is 9.47 Å². The fourth-order valence-corrected chi connectivity index (χ4v) is 5.69. The van der Waals surface area contributed by atoms with E-state index in [4.69, 9.17) is 4.98 Å². The van der Waals surface area contributed by atoms with Crippen molar-refractivity contribution in [2.45, 2.75) is 36.7 Å². The summed E-state index contributed by atoms with van der Waals surface area (Å²) in [4.78, 5) is 7.10. The van der Waals surface area contributed by atoms with Crippen molar-refractivity contribution in [1.29, 1.82) is 0 Å². The van der Waals surface area contributed by atoms with E-state index in [0.29, 0.717) is 5.75 Å². The number of piperidine rings is 1. The molecule has 0 aliphatic carbocycles. The number of rotatable bonds is 7. The van der Waals surface area contributed by atoms with Gasteiger partial charge in [0.05, 0.1) is 12.2 Å². The van der Waals surface area contributed by atoms with Crippen LogP contribution in [-0.4, -0.2) is 37.7 Å². The van der Waals surface area contributed by atoms with E-state index in [9.17, 15) is 8.78 Å². The van der Waals surface area contributed by atoms with Gasteiger partial charge in [-0.2, -0.15) is 0 Å². The first-order valence-corrected chi connectivity index (χ1v) is 12.8. The predicted octanol–water partition coefficient (Wildman–Crippen LogP) is 5.95. The minimum Gasteiger partial charge on any atom is -0.296 e. The lowest BCUT2D eigenvalue weighted by molar-refractivity contribution is 0.214. The zero-order valence-corrected chi connectivity index (χ0v) is 19.6. The minimum atomic E-state index is -0.269. The highest BCUT2D eigenvalue weighted by Crippen LogP contribution is 2.29. The molecule has 0 amide bonds. The molecule has 0 radical (unpaired) electrons. The molecule has 0 spiro atoms. The van der Waals surface area contributed by atoms with E-state index in [1.807, 2.05) is 9.95 Å². The van der Waals surface area contributed by atoms with Gasteiger partial charge in [-0.1, -0.05) is 18.2 Å². The Balaban J connectivity index is 1.36. The molecular formula is C24H23F2N5S2. The molecule has 2 aromatic heterocycles. The number of thiazole rings is 1. The molecule has 170 valence electrons. The molecule has 1 aliphatic rings. The van der Waals surface area contributed by atoms with Crippen molar-refractivity contribution in [3.05, 3.63) is 77.1 Å². The number of thioether (sulfide) groups is 1. The van der Waals surface area contributed by atoms with Crippen LogP contribution >= 0.6 is 23.1 Å². The SMILES string of the molecule is Fc1ccc(-c2nc(CSc3nnc(CN4CCCCC4)n3-c3ccc(F)cc3)cs2)cc1. The summed E-state index contributed by atoms with van der Waals surface area (Å²) in [5.41, 5.74) is 2.67. The molecule has 4 aromatic rings. The topological polar surface area (TPSA) is 46.8 Å². The molecule has 1 aliphatic heterocycles. The van der Waals surface area contributed by atoms with Gasteiger partial charge >= 0.3 is 0 Å². The predicted molar refractivity (Wildman–Crippen MR) is 128 cm³/mol. The van der Waals surface area contributed by atoms with Crippen LogP contribution in [0.4, 0.5) is 8.78 Å². The van der Waals surface area contributed by atoms with Crippen LogP contribution in [-0.2, 0) is 12.3 Å². The number of benzene rings is 2. The quantitative estimate of drug-likeness (QED) is 0.304. The number of likely N-dealkylation sites (tertiary alicyclic amines) is 1. The smallest absolute Gasteiger partial charge is 0.196 e. The van der Waals surface area contributed by atoms with Crippen molar-refractivity contribution >= 4 is 23.1 Å². The van der Waals surface area contributed by atoms with Crippen molar-refractivity contribution in [2.24, 2.45) is 0 Å². The molecule has 3 heterocycles. The van der Waals surface area contributed by atoms with Crippen molar-refractivity contribution in [3.63, 3.8) is 0 Å². The van der Waals surface area contributed by atoms with E-state index in [0.717, 1.165) is 52.6 Å². The minimum absolute atomic E-state index is 0.258. The van der Waals surface area contributed by atoms with Crippen LogP contribution in [0.1, 0.15) is 30.8 Å². The van der Waals surface area contributed by atoms with Gasteiger partial charge in [-0.15, -0.1) is 21.5 Å². The molecule has 0 unspecified atom stereocenters. The van der Waals surface area contributed by atoms with E-state index >= 15 is 0 Å². The fourth-order valence-electron chi connectivity index (χ4n) is 3.90. The van der Waals surface area contributed by atoms with Crippen molar-refractivity contribution in [2.75, 3.05) is 13.1 Å². The summed E-state index contributed by atoms with van der Waals surface area (Å²) in [6, 6.07) is 12.8. The highest BCUT2D eigenvalue weighted by atomic mass is 32.2. The Morgan fingerprint density at radius 1 is 0.879 bits per heavy atom. The molecule has 0 N–H and O–H groups in total. The normalized spacial score (nSPS) is 14.6. The molecule has 0 bridgehead atoms. The first-order chi connectivity index (χ1) is 16.2. The van der Waals surface area contributed by atoms with Crippen LogP contribution in [0.3, 0.4) is 0 Å². The molecule has 1 saturated heterocycles. The van der Waals surface area contributed by atoms with Gasteiger partial charge in [0, 0.05) is 22.4 Å². The Hall–Kier alpha value is -2.62. The second-order valence-electron chi connectivity index (χ2n) is 7.99. The molecule has 2 aromatic carbocycles.